The van der Waals surface area contributed by atoms with Gasteiger partial charge >= 0.3 is 0 Å². The number of para-hydroxylation sites is 2. The Kier molecular flexibility index (Phi) is 5.69. The zero-order valence-electron chi connectivity index (χ0n) is 20.3. The quantitative estimate of drug-likeness (QED) is 0.307. The predicted molar refractivity (Wildman–Crippen MR) is 145 cm³/mol. The molecule has 1 atom stereocenters. The zero-order chi connectivity index (χ0) is 25.4. The molecule has 6 heteroatoms. The van der Waals surface area contributed by atoms with E-state index in [2.05, 4.69) is 16.4 Å². The van der Waals surface area contributed by atoms with Crippen LogP contribution in [0.25, 0.3) is 22.2 Å². The highest BCUT2D eigenvalue weighted by Gasteiger charge is 2.41. The number of nitrogens with zero attached hydrogens (tertiary/aromatic N) is 1. The molecular weight excluding hydrogens is 462 g/mol. The van der Waals surface area contributed by atoms with Gasteiger partial charge in [-0.3, -0.25) is 9.59 Å². The van der Waals surface area contributed by atoms with Crippen LogP contribution in [0.5, 0.6) is 5.75 Å². The molecule has 4 aromatic carbocycles. The summed E-state index contributed by atoms with van der Waals surface area (Å²) in [4.78, 5) is 32.1. The Morgan fingerprint density at radius 1 is 0.919 bits per heavy atom. The van der Waals surface area contributed by atoms with Crippen LogP contribution in [0.4, 0.5) is 5.69 Å². The molecule has 0 saturated carbocycles. The molecule has 0 spiro atoms. The molecule has 37 heavy (non-hydrogen) atoms. The zero-order valence-corrected chi connectivity index (χ0v) is 20.3. The fourth-order valence-corrected chi connectivity index (χ4v) is 5.18. The number of H-pyrrole nitrogens is 1. The van der Waals surface area contributed by atoms with Crippen LogP contribution in [-0.2, 0) is 4.79 Å². The van der Waals surface area contributed by atoms with Gasteiger partial charge in [0.15, 0.2) is 0 Å². The summed E-state index contributed by atoms with van der Waals surface area (Å²) in [5.74, 6) is 0.329. The molecule has 1 aliphatic heterocycles. The Morgan fingerprint density at radius 3 is 2.51 bits per heavy atom. The smallest absolute Gasteiger partial charge is 0.255 e. The molecule has 2 heterocycles. The number of hydrogen-bond acceptors (Lipinski definition) is 3. The Labute approximate surface area is 214 Å². The minimum absolute atomic E-state index is 0.0792. The number of benzene rings is 4. The molecule has 0 fully saturated rings. The highest BCUT2D eigenvalue weighted by molar-refractivity contribution is 6.05. The van der Waals surface area contributed by atoms with Gasteiger partial charge in [0, 0.05) is 33.3 Å². The summed E-state index contributed by atoms with van der Waals surface area (Å²) >= 11 is 0. The van der Waals surface area contributed by atoms with E-state index in [-0.39, 0.29) is 18.4 Å². The fraction of sp³-hybridized carbons (Fsp3) is 0.0968. The Bertz CT molecular complexity index is 1620. The lowest BCUT2D eigenvalue weighted by Crippen LogP contribution is -2.36. The van der Waals surface area contributed by atoms with Crippen molar-refractivity contribution in [3.8, 4) is 17.0 Å². The third-order valence-corrected chi connectivity index (χ3v) is 6.81. The number of nitrogens with one attached hydrogen (secondary N) is 2. The average Bonchev–Trinajstić information content (AvgIpc) is 3.44. The highest BCUT2D eigenvalue weighted by Crippen LogP contribution is 2.45. The van der Waals surface area contributed by atoms with Gasteiger partial charge in [-0.2, -0.15) is 0 Å². The number of hydrogen-bond donors (Lipinski definition) is 2. The van der Waals surface area contributed by atoms with Gasteiger partial charge in [-0.25, -0.2) is 0 Å². The van der Waals surface area contributed by atoms with Crippen molar-refractivity contribution in [2.45, 2.75) is 6.04 Å². The molecular formula is C31H25N3O3. The first-order valence-corrected chi connectivity index (χ1v) is 12.1. The molecule has 2 N–H and O–H groups in total. The van der Waals surface area contributed by atoms with E-state index in [1.54, 1.807) is 12.0 Å². The van der Waals surface area contributed by atoms with Crippen molar-refractivity contribution in [1.29, 1.82) is 0 Å². The maximum Gasteiger partial charge on any atom is 0.255 e. The second-order valence-electron chi connectivity index (χ2n) is 9.03. The van der Waals surface area contributed by atoms with Crippen LogP contribution in [0.1, 0.15) is 27.5 Å². The molecule has 1 unspecified atom stereocenters. The van der Waals surface area contributed by atoms with E-state index < -0.39 is 6.04 Å². The van der Waals surface area contributed by atoms with Crippen LogP contribution in [0.15, 0.2) is 103 Å². The molecule has 2 amide bonds. The Balaban J connectivity index is 1.50. The number of rotatable bonds is 6. The number of aromatic amines is 1. The van der Waals surface area contributed by atoms with Gasteiger partial charge in [-0.05, 0) is 42.0 Å². The number of amides is 2. The van der Waals surface area contributed by atoms with Crippen LogP contribution < -0.4 is 10.1 Å². The third-order valence-electron chi connectivity index (χ3n) is 6.81. The second kappa shape index (κ2) is 9.32. The van der Waals surface area contributed by atoms with Gasteiger partial charge in [0.2, 0.25) is 5.91 Å². The van der Waals surface area contributed by atoms with Crippen molar-refractivity contribution >= 4 is 28.4 Å². The second-order valence-corrected chi connectivity index (χ2v) is 9.03. The lowest BCUT2D eigenvalue weighted by Gasteiger charge is -2.26. The maximum atomic E-state index is 13.7. The number of anilines is 1. The summed E-state index contributed by atoms with van der Waals surface area (Å²) in [5, 5.41) is 3.93. The van der Waals surface area contributed by atoms with Crippen molar-refractivity contribution in [2.75, 3.05) is 19.0 Å². The molecule has 5 aromatic rings. The van der Waals surface area contributed by atoms with E-state index in [1.807, 2.05) is 97.1 Å². The molecule has 182 valence electrons. The summed E-state index contributed by atoms with van der Waals surface area (Å²) < 4.78 is 5.49. The van der Waals surface area contributed by atoms with Gasteiger partial charge in [0.1, 0.15) is 12.3 Å². The van der Waals surface area contributed by atoms with E-state index in [9.17, 15) is 9.59 Å². The van der Waals surface area contributed by atoms with Crippen LogP contribution in [-0.4, -0.2) is 35.4 Å². The number of methoxy groups -OCH3 is 1. The van der Waals surface area contributed by atoms with Crippen molar-refractivity contribution in [1.82, 2.24) is 9.88 Å². The standard InChI is InChI=1S/C31H25N3O3/c1-37-22-13-9-10-20(18-22)29-28(25-16-7-8-17-26(25)33-29)30-23-14-5-6-15-24(23)31(36)34(30)19-27(35)32-21-11-3-2-4-12-21/h2-18,30,33H,19H2,1H3,(H,32,35). The number of aromatic nitrogens is 1. The van der Waals surface area contributed by atoms with Crippen LogP contribution in [0, 0.1) is 0 Å². The SMILES string of the molecule is COc1cccc(-c2[nH]c3ccccc3c2C2c3ccccc3C(=O)N2CC(=O)Nc2ccccc2)c1. The molecule has 0 radical (unpaired) electrons. The van der Waals surface area contributed by atoms with Gasteiger partial charge in [-0.15, -0.1) is 0 Å². The highest BCUT2D eigenvalue weighted by atomic mass is 16.5. The van der Waals surface area contributed by atoms with E-state index in [1.165, 1.54) is 0 Å². The van der Waals surface area contributed by atoms with Crippen molar-refractivity contribution in [3.05, 3.63) is 120 Å². The van der Waals surface area contributed by atoms with Gasteiger partial charge < -0.3 is 19.9 Å². The van der Waals surface area contributed by atoms with Crippen LogP contribution in [0.3, 0.4) is 0 Å². The minimum Gasteiger partial charge on any atom is -0.497 e. The van der Waals surface area contributed by atoms with Crippen LogP contribution >= 0.6 is 0 Å². The van der Waals surface area contributed by atoms with Crippen LogP contribution in [0.2, 0.25) is 0 Å². The first-order valence-electron chi connectivity index (χ1n) is 12.1. The molecule has 0 aliphatic carbocycles. The van der Waals surface area contributed by atoms with E-state index >= 15 is 0 Å². The summed E-state index contributed by atoms with van der Waals surface area (Å²) in [5.41, 5.74) is 5.93. The van der Waals surface area contributed by atoms with E-state index in [0.29, 0.717) is 11.3 Å². The molecule has 1 aliphatic rings. The topological polar surface area (TPSA) is 74.4 Å². The summed E-state index contributed by atoms with van der Waals surface area (Å²) in [6, 6.07) is 32.3. The molecule has 6 nitrogen and oxygen atoms in total. The van der Waals surface area contributed by atoms with Crippen molar-refractivity contribution in [3.63, 3.8) is 0 Å². The molecule has 1 aromatic heterocycles. The summed E-state index contributed by atoms with van der Waals surface area (Å²) in [6.07, 6.45) is 0. The first kappa shape index (κ1) is 22.6. The Hall–Kier alpha value is -4.84. The van der Waals surface area contributed by atoms with Crippen molar-refractivity contribution < 1.29 is 14.3 Å². The number of carbonyl (C=O) groups is 2. The molecule has 0 saturated heterocycles. The van der Waals surface area contributed by atoms with E-state index in [4.69, 9.17) is 4.74 Å². The van der Waals surface area contributed by atoms with Crippen molar-refractivity contribution in [2.24, 2.45) is 0 Å². The Morgan fingerprint density at radius 2 is 1.68 bits per heavy atom. The van der Waals surface area contributed by atoms with Gasteiger partial charge in [0.05, 0.1) is 18.8 Å². The summed E-state index contributed by atoms with van der Waals surface area (Å²) in [6.45, 7) is -0.0792. The third kappa shape index (κ3) is 4.02. The largest absolute Gasteiger partial charge is 0.497 e. The number of ether oxygens (including phenoxy) is 1. The predicted octanol–water partition coefficient (Wildman–Crippen LogP) is 6.03. The van der Waals surface area contributed by atoms with Gasteiger partial charge in [0.25, 0.3) is 5.91 Å². The van der Waals surface area contributed by atoms with E-state index in [0.717, 1.165) is 39.0 Å². The molecule has 6 rings (SSSR count). The number of fused-ring (bicyclic) bond motifs is 2. The number of carbonyl (C=O) groups excluding carboxylic acids is 2. The molecule has 0 bridgehead atoms. The minimum atomic E-state index is -0.442. The average molecular weight is 488 g/mol. The normalized spacial score (nSPS) is 14.6. The lowest BCUT2D eigenvalue weighted by atomic mass is 9.93. The maximum absolute atomic E-state index is 13.7. The fourth-order valence-electron chi connectivity index (χ4n) is 5.18. The lowest BCUT2D eigenvalue weighted by molar-refractivity contribution is -0.117. The summed E-state index contributed by atoms with van der Waals surface area (Å²) in [7, 11) is 1.64. The van der Waals surface area contributed by atoms with Gasteiger partial charge in [-0.1, -0.05) is 66.7 Å². The first-order chi connectivity index (χ1) is 18.1. The monoisotopic (exact) mass is 487 g/mol.